The van der Waals surface area contributed by atoms with E-state index in [9.17, 15) is 4.39 Å². The molecule has 0 unspecified atom stereocenters. The van der Waals surface area contributed by atoms with Gasteiger partial charge in [-0.15, -0.1) is 0 Å². The molecule has 0 saturated heterocycles. The largest absolute Gasteiger partial charge is 0.375 e. The molecule has 3 aromatic rings. The molecule has 2 aromatic heterocycles. The fraction of sp³-hybridized carbons (Fsp3) is 0.154. The van der Waals surface area contributed by atoms with Gasteiger partial charge in [-0.2, -0.15) is 4.98 Å². The lowest BCUT2D eigenvalue weighted by Crippen LogP contribution is -1.87. The average molecular weight is 290 g/mol. The molecule has 1 aromatic carbocycles. The highest BCUT2D eigenvalue weighted by molar-refractivity contribution is 7.18. The fourth-order valence-corrected chi connectivity index (χ4v) is 2.63. The van der Waals surface area contributed by atoms with E-state index in [0.717, 1.165) is 16.1 Å². The van der Waals surface area contributed by atoms with E-state index in [1.54, 1.807) is 6.07 Å². The number of hydrogen-bond acceptors (Lipinski definition) is 6. The van der Waals surface area contributed by atoms with E-state index in [4.69, 9.17) is 10.3 Å². The molecular formula is C13H11FN4OS. The van der Waals surface area contributed by atoms with E-state index in [2.05, 4.69) is 15.1 Å². The van der Waals surface area contributed by atoms with Crippen molar-refractivity contribution in [2.75, 3.05) is 5.73 Å². The lowest BCUT2D eigenvalue weighted by molar-refractivity contribution is 0.433. The predicted octanol–water partition coefficient (Wildman–Crippen LogP) is 3.20. The van der Waals surface area contributed by atoms with Crippen molar-refractivity contribution in [1.29, 1.82) is 0 Å². The van der Waals surface area contributed by atoms with E-state index < -0.39 is 0 Å². The van der Waals surface area contributed by atoms with E-state index in [1.165, 1.54) is 23.5 Å². The number of halogens is 1. The molecule has 0 radical (unpaired) electrons. The van der Waals surface area contributed by atoms with Gasteiger partial charge in [-0.25, -0.2) is 9.37 Å². The Hall–Kier alpha value is -2.28. The topological polar surface area (TPSA) is 77.8 Å². The Bertz CT molecular complexity index is 781. The minimum Gasteiger partial charge on any atom is -0.375 e. The fourth-order valence-electron chi connectivity index (χ4n) is 1.88. The van der Waals surface area contributed by atoms with Crippen molar-refractivity contribution >= 4 is 16.5 Å². The van der Waals surface area contributed by atoms with Crippen LogP contribution in [0.25, 0.3) is 22.2 Å². The van der Waals surface area contributed by atoms with Crippen molar-refractivity contribution in [3.8, 4) is 22.2 Å². The Labute approximate surface area is 118 Å². The predicted molar refractivity (Wildman–Crippen MR) is 74.7 cm³/mol. The van der Waals surface area contributed by atoms with Crippen LogP contribution in [0.4, 0.5) is 9.52 Å². The summed E-state index contributed by atoms with van der Waals surface area (Å²) >= 11 is 1.28. The van der Waals surface area contributed by atoms with Crippen molar-refractivity contribution in [3.05, 3.63) is 35.3 Å². The van der Waals surface area contributed by atoms with Crippen LogP contribution in [-0.4, -0.2) is 15.1 Å². The number of nitrogens with two attached hydrogens (primary N) is 1. The molecule has 0 saturated carbocycles. The number of nitrogen functional groups attached to an aromatic ring is 1. The molecule has 0 aliphatic heterocycles. The van der Waals surface area contributed by atoms with Crippen molar-refractivity contribution in [2.24, 2.45) is 0 Å². The molecule has 0 aliphatic carbocycles. The van der Waals surface area contributed by atoms with Gasteiger partial charge in [0.2, 0.25) is 5.82 Å². The molecule has 0 fully saturated rings. The lowest BCUT2D eigenvalue weighted by atomic mass is 10.1. The number of aryl methyl sites for hydroxylation is 2. The molecule has 2 N–H and O–H groups in total. The first-order valence-electron chi connectivity index (χ1n) is 5.88. The van der Waals surface area contributed by atoms with Crippen LogP contribution in [0.1, 0.15) is 11.3 Å². The number of anilines is 1. The van der Waals surface area contributed by atoms with Crippen molar-refractivity contribution in [2.45, 2.75) is 13.8 Å². The highest BCUT2D eigenvalue weighted by atomic mass is 32.1. The van der Waals surface area contributed by atoms with Gasteiger partial charge in [0.05, 0.1) is 5.69 Å². The Morgan fingerprint density at radius 3 is 2.75 bits per heavy atom. The zero-order chi connectivity index (χ0) is 14.3. The summed E-state index contributed by atoms with van der Waals surface area (Å²) < 4.78 is 18.5. The minimum atomic E-state index is -0.338. The SMILES string of the molecule is Cc1ccc(F)cc1-c1noc(-c2sc(N)nc2C)n1. The average Bonchev–Trinajstić information content (AvgIpc) is 2.99. The maximum atomic E-state index is 13.3. The third-order valence-corrected chi connectivity index (χ3v) is 3.85. The van der Waals surface area contributed by atoms with E-state index in [0.29, 0.717) is 22.4 Å². The van der Waals surface area contributed by atoms with Gasteiger partial charge in [0, 0.05) is 5.56 Å². The second-order valence-corrected chi connectivity index (χ2v) is 5.38. The van der Waals surface area contributed by atoms with Crippen LogP contribution in [0.5, 0.6) is 0 Å². The molecule has 102 valence electrons. The van der Waals surface area contributed by atoms with Crippen molar-refractivity contribution in [1.82, 2.24) is 15.1 Å². The molecule has 5 nitrogen and oxygen atoms in total. The van der Waals surface area contributed by atoms with Gasteiger partial charge in [0.15, 0.2) is 5.13 Å². The molecule has 2 heterocycles. The van der Waals surface area contributed by atoms with Gasteiger partial charge in [0.1, 0.15) is 10.7 Å². The number of nitrogens with zero attached hydrogens (tertiary/aromatic N) is 3. The third kappa shape index (κ3) is 2.16. The summed E-state index contributed by atoms with van der Waals surface area (Å²) in [5.41, 5.74) is 7.86. The molecule has 0 bridgehead atoms. The molecule has 0 spiro atoms. The molecule has 3 rings (SSSR count). The van der Waals surface area contributed by atoms with Crippen LogP contribution < -0.4 is 5.73 Å². The summed E-state index contributed by atoms with van der Waals surface area (Å²) in [7, 11) is 0. The highest BCUT2D eigenvalue weighted by Gasteiger charge is 2.17. The molecule has 20 heavy (non-hydrogen) atoms. The number of benzene rings is 1. The Morgan fingerprint density at radius 1 is 1.25 bits per heavy atom. The normalized spacial score (nSPS) is 10.9. The molecule has 0 aliphatic rings. The van der Waals surface area contributed by atoms with Gasteiger partial charge in [-0.05, 0) is 31.5 Å². The van der Waals surface area contributed by atoms with Gasteiger partial charge >= 0.3 is 0 Å². The Morgan fingerprint density at radius 2 is 2.05 bits per heavy atom. The molecule has 0 atom stereocenters. The number of thiazole rings is 1. The van der Waals surface area contributed by atoms with Crippen LogP contribution in [-0.2, 0) is 0 Å². The quantitative estimate of drug-likeness (QED) is 0.784. The summed E-state index contributed by atoms with van der Waals surface area (Å²) in [6.45, 7) is 3.68. The number of rotatable bonds is 2. The lowest BCUT2D eigenvalue weighted by Gasteiger charge is -1.99. The molecular weight excluding hydrogens is 279 g/mol. The van der Waals surface area contributed by atoms with Gasteiger partial charge < -0.3 is 10.3 Å². The smallest absolute Gasteiger partial charge is 0.270 e. The first-order chi connectivity index (χ1) is 9.54. The second kappa shape index (κ2) is 4.68. The summed E-state index contributed by atoms with van der Waals surface area (Å²) in [5, 5.41) is 4.34. The minimum absolute atomic E-state index is 0.338. The summed E-state index contributed by atoms with van der Waals surface area (Å²) in [6.07, 6.45) is 0. The maximum Gasteiger partial charge on any atom is 0.270 e. The highest BCUT2D eigenvalue weighted by Crippen LogP contribution is 2.31. The summed E-state index contributed by atoms with van der Waals surface area (Å²) in [5.74, 6) is 0.355. The van der Waals surface area contributed by atoms with Crippen molar-refractivity contribution < 1.29 is 8.91 Å². The summed E-state index contributed by atoms with van der Waals surface area (Å²) in [4.78, 5) is 9.14. The van der Waals surface area contributed by atoms with E-state index in [-0.39, 0.29) is 5.82 Å². The zero-order valence-corrected chi connectivity index (χ0v) is 11.7. The zero-order valence-electron chi connectivity index (χ0n) is 10.8. The Balaban J connectivity index is 2.06. The maximum absolute atomic E-state index is 13.3. The van der Waals surface area contributed by atoms with Crippen LogP contribution >= 0.6 is 11.3 Å². The van der Waals surface area contributed by atoms with Gasteiger partial charge in [0.25, 0.3) is 5.89 Å². The first kappa shape index (κ1) is 12.7. The van der Waals surface area contributed by atoms with Gasteiger partial charge in [-0.3, -0.25) is 0 Å². The van der Waals surface area contributed by atoms with Crippen LogP contribution in [0.15, 0.2) is 22.7 Å². The van der Waals surface area contributed by atoms with E-state index >= 15 is 0 Å². The first-order valence-corrected chi connectivity index (χ1v) is 6.70. The van der Waals surface area contributed by atoms with Crippen LogP contribution in [0.3, 0.4) is 0 Å². The number of hydrogen-bond donors (Lipinski definition) is 1. The standard InChI is InChI=1S/C13H11FN4OS/c1-6-3-4-8(14)5-9(6)11-17-12(19-18-11)10-7(2)16-13(15)20-10/h3-5H,1-2H3,(H2,15,16). The Kier molecular flexibility index (Phi) is 2.98. The summed E-state index contributed by atoms with van der Waals surface area (Å²) in [6, 6.07) is 4.46. The van der Waals surface area contributed by atoms with Crippen molar-refractivity contribution in [3.63, 3.8) is 0 Å². The van der Waals surface area contributed by atoms with E-state index in [1.807, 2.05) is 13.8 Å². The van der Waals surface area contributed by atoms with Gasteiger partial charge in [-0.1, -0.05) is 22.6 Å². The number of aromatic nitrogens is 3. The second-order valence-electron chi connectivity index (χ2n) is 4.35. The molecule has 7 heteroatoms. The molecule has 0 amide bonds. The monoisotopic (exact) mass is 290 g/mol. The van der Waals surface area contributed by atoms with Crippen LogP contribution in [0.2, 0.25) is 0 Å². The van der Waals surface area contributed by atoms with Crippen LogP contribution in [0, 0.1) is 19.7 Å². The third-order valence-electron chi connectivity index (χ3n) is 2.87.